The lowest BCUT2D eigenvalue weighted by atomic mass is 9.97. The summed E-state index contributed by atoms with van der Waals surface area (Å²) in [5.74, 6) is 1.45. The summed E-state index contributed by atoms with van der Waals surface area (Å²) in [5.41, 5.74) is 2.89. The van der Waals surface area contributed by atoms with Crippen molar-refractivity contribution in [3.05, 3.63) is 72.1 Å². The lowest BCUT2D eigenvalue weighted by Crippen LogP contribution is -2.38. The second-order valence-electron chi connectivity index (χ2n) is 9.73. The summed E-state index contributed by atoms with van der Waals surface area (Å²) < 4.78 is 45.0. The van der Waals surface area contributed by atoms with Gasteiger partial charge >= 0.3 is 6.18 Å². The normalized spacial score (nSPS) is 16.7. The van der Waals surface area contributed by atoms with Crippen LogP contribution in [0.25, 0.3) is 22.0 Å². The van der Waals surface area contributed by atoms with Gasteiger partial charge < -0.3 is 20.5 Å². The number of aromatic nitrogens is 3. The van der Waals surface area contributed by atoms with Crippen LogP contribution < -0.4 is 15.4 Å². The van der Waals surface area contributed by atoms with Gasteiger partial charge in [-0.05, 0) is 73.9 Å². The molecule has 1 saturated heterocycles. The Morgan fingerprint density at radius 2 is 1.95 bits per heavy atom. The number of anilines is 1. The van der Waals surface area contributed by atoms with Crippen LogP contribution in [0.2, 0.25) is 0 Å². The fraction of sp³-hybridized carbons (Fsp3) is 0.345. The zero-order valence-electron chi connectivity index (χ0n) is 21.5. The first-order valence-electron chi connectivity index (χ1n) is 13.0. The lowest BCUT2D eigenvalue weighted by molar-refractivity contribution is -0.205. The van der Waals surface area contributed by atoms with E-state index in [4.69, 9.17) is 9.72 Å². The second kappa shape index (κ2) is 11.5. The van der Waals surface area contributed by atoms with Crippen molar-refractivity contribution in [1.82, 2.24) is 20.3 Å². The summed E-state index contributed by atoms with van der Waals surface area (Å²) in [7, 11) is 0. The van der Waals surface area contributed by atoms with Crippen molar-refractivity contribution in [1.29, 1.82) is 0 Å². The van der Waals surface area contributed by atoms with E-state index in [1.807, 2.05) is 37.3 Å². The molecular formula is C29H30F3N5O2. The van der Waals surface area contributed by atoms with Crippen molar-refractivity contribution >= 4 is 16.7 Å². The topological polar surface area (TPSA) is 92.2 Å². The van der Waals surface area contributed by atoms with E-state index in [-0.39, 0.29) is 12.5 Å². The van der Waals surface area contributed by atoms with E-state index in [1.54, 1.807) is 30.6 Å². The molecule has 10 heteroatoms. The smallest absolute Gasteiger partial charge is 0.414 e. The fourth-order valence-electron chi connectivity index (χ4n) is 4.81. The van der Waals surface area contributed by atoms with Gasteiger partial charge in [-0.1, -0.05) is 30.3 Å². The van der Waals surface area contributed by atoms with E-state index in [0.29, 0.717) is 34.4 Å². The molecule has 5 rings (SSSR count). The number of ether oxygens (including phenoxy) is 1. The summed E-state index contributed by atoms with van der Waals surface area (Å²) in [4.78, 5) is 13.6. The molecule has 1 aliphatic heterocycles. The number of nitrogens with one attached hydrogen (secondary N) is 2. The predicted octanol–water partition coefficient (Wildman–Crippen LogP) is 5.81. The van der Waals surface area contributed by atoms with Gasteiger partial charge in [0.15, 0.2) is 0 Å². The maximum Gasteiger partial charge on any atom is 0.414 e. The van der Waals surface area contributed by atoms with Crippen molar-refractivity contribution in [2.75, 3.05) is 18.4 Å². The second-order valence-corrected chi connectivity index (χ2v) is 9.73. The molecule has 1 fully saturated rings. The fourth-order valence-corrected chi connectivity index (χ4v) is 4.81. The highest BCUT2D eigenvalue weighted by atomic mass is 19.4. The first kappa shape index (κ1) is 26.8. The molecule has 2 aromatic carbocycles. The lowest BCUT2D eigenvalue weighted by Gasteiger charge is -2.23. The molecule has 0 amide bonds. The molecule has 0 radical (unpaired) electrons. The Morgan fingerprint density at radius 3 is 2.74 bits per heavy atom. The van der Waals surface area contributed by atoms with Gasteiger partial charge in [0.2, 0.25) is 11.8 Å². The molecule has 3 N–H and O–H groups in total. The molecule has 39 heavy (non-hydrogen) atoms. The van der Waals surface area contributed by atoms with E-state index >= 15 is 0 Å². The number of alkyl halides is 3. The number of hydrogen-bond acceptors (Lipinski definition) is 7. The first-order chi connectivity index (χ1) is 18.8. The largest absolute Gasteiger partial charge is 0.437 e. The zero-order valence-corrected chi connectivity index (χ0v) is 21.5. The van der Waals surface area contributed by atoms with E-state index in [9.17, 15) is 18.3 Å². The predicted molar refractivity (Wildman–Crippen MR) is 144 cm³/mol. The summed E-state index contributed by atoms with van der Waals surface area (Å²) in [6.45, 7) is 3.77. The van der Waals surface area contributed by atoms with Crippen LogP contribution in [-0.2, 0) is 6.42 Å². The molecule has 0 unspecified atom stereocenters. The Labute approximate surface area is 224 Å². The van der Waals surface area contributed by atoms with Crippen LogP contribution >= 0.6 is 0 Å². The SMILES string of the molecule is Cc1ccc2c(CC[C@H](O)C(F)(F)F)cccc2c1Oc1ncccc1-c1ccnc(N[C@H]2CCCNC2)n1. The highest BCUT2D eigenvalue weighted by molar-refractivity contribution is 5.92. The number of aliphatic hydroxyl groups excluding tert-OH is 1. The van der Waals surface area contributed by atoms with Crippen LogP contribution in [0.1, 0.15) is 30.4 Å². The number of rotatable bonds is 8. The maximum absolute atomic E-state index is 12.9. The van der Waals surface area contributed by atoms with Crippen LogP contribution in [0, 0.1) is 6.92 Å². The van der Waals surface area contributed by atoms with E-state index in [2.05, 4.69) is 20.6 Å². The van der Waals surface area contributed by atoms with Gasteiger partial charge in [0.1, 0.15) is 11.9 Å². The summed E-state index contributed by atoms with van der Waals surface area (Å²) in [5, 5.41) is 17.8. The molecule has 3 heterocycles. The van der Waals surface area contributed by atoms with Crippen molar-refractivity contribution in [3.63, 3.8) is 0 Å². The van der Waals surface area contributed by atoms with Gasteiger partial charge in [-0.3, -0.25) is 0 Å². The Morgan fingerprint density at radius 1 is 1.08 bits per heavy atom. The molecule has 4 aromatic rings. The van der Waals surface area contributed by atoms with Crippen molar-refractivity contribution < 1.29 is 23.0 Å². The molecule has 0 spiro atoms. The standard InChI is InChI=1S/C29H30F3N5O2/c1-18-9-11-21-19(10-12-25(38)29(30,31)32)5-2-7-22(21)26(18)39-27-23(8-4-15-34-27)24-13-16-35-28(37-24)36-20-6-3-14-33-17-20/h2,4-5,7-9,11,13,15-16,20,25,33,38H,3,6,10,12,14,17H2,1H3,(H,35,36,37)/t20-,25-/m0/s1. The number of halogens is 3. The average Bonchev–Trinajstić information content (AvgIpc) is 2.93. The minimum atomic E-state index is -4.64. The third-order valence-corrected chi connectivity index (χ3v) is 6.90. The number of fused-ring (bicyclic) bond motifs is 1. The molecule has 0 bridgehead atoms. The molecule has 1 aliphatic rings. The molecule has 2 aromatic heterocycles. The number of nitrogens with zero attached hydrogens (tertiary/aromatic N) is 3. The monoisotopic (exact) mass is 537 g/mol. The quantitative estimate of drug-likeness (QED) is 0.261. The number of benzene rings is 2. The highest BCUT2D eigenvalue weighted by Crippen LogP contribution is 2.38. The molecule has 204 valence electrons. The van der Waals surface area contributed by atoms with Crippen LogP contribution in [0.3, 0.4) is 0 Å². The summed E-state index contributed by atoms with van der Waals surface area (Å²) >= 11 is 0. The Balaban J connectivity index is 1.44. The van der Waals surface area contributed by atoms with E-state index < -0.39 is 18.7 Å². The van der Waals surface area contributed by atoms with Gasteiger partial charge in [-0.25, -0.2) is 15.0 Å². The Hall–Kier alpha value is -3.76. The van der Waals surface area contributed by atoms with Crippen molar-refractivity contribution in [2.24, 2.45) is 0 Å². The van der Waals surface area contributed by atoms with Crippen LogP contribution in [0.15, 0.2) is 60.9 Å². The first-order valence-corrected chi connectivity index (χ1v) is 13.0. The van der Waals surface area contributed by atoms with Crippen LogP contribution in [0.4, 0.5) is 19.1 Å². The maximum atomic E-state index is 12.9. The van der Waals surface area contributed by atoms with Crippen molar-refractivity contribution in [2.45, 2.75) is 50.9 Å². The minimum Gasteiger partial charge on any atom is -0.437 e. The van der Waals surface area contributed by atoms with Crippen LogP contribution in [-0.4, -0.2) is 51.5 Å². The number of pyridine rings is 1. The van der Waals surface area contributed by atoms with Crippen LogP contribution in [0.5, 0.6) is 11.6 Å². The van der Waals surface area contributed by atoms with Gasteiger partial charge in [0, 0.05) is 30.4 Å². The number of aliphatic hydroxyl groups is 1. The summed E-state index contributed by atoms with van der Waals surface area (Å²) in [6, 6.07) is 14.9. The Bertz CT molecular complexity index is 1440. The summed E-state index contributed by atoms with van der Waals surface area (Å²) in [6.07, 6.45) is -1.90. The molecule has 7 nitrogen and oxygen atoms in total. The Kier molecular flexibility index (Phi) is 7.94. The highest BCUT2D eigenvalue weighted by Gasteiger charge is 2.37. The average molecular weight is 538 g/mol. The third kappa shape index (κ3) is 6.29. The van der Waals surface area contributed by atoms with Crippen molar-refractivity contribution in [3.8, 4) is 22.9 Å². The molecular weight excluding hydrogens is 507 g/mol. The minimum absolute atomic E-state index is 0.0720. The van der Waals surface area contributed by atoms with E-state index in [0.717, 1.165) is 42.3 Å². The third-order valence-electron chi connectivity index (χ3n) is 6.90. The molecule has 2 atom stereocenters. The zero-order chi connectivity index (χ0) is 27.4. The molecule has 0 aliphatic carbocycles. The van der Waals surface area contributed by atoms with Gasteiger partial charge in [-0.15, -0.1) is 0 Å². The number of hydrogen-bond donors (Lipinski definition) is 3. The molecule has 0 saturated carbocycles. The van der Waals surface area contributed by atoms with Gasteiger partial charge in [-0.2, -0.15) is 13.2 Å². The number of piperidine rings is 1. The van der Waals surface area contributed by atoms with Gasteiger partial charge in [0.05, 0.1) is 11.3 Å². The van der Waals surface area contributed by atoms with E-state index in [1.165, 1.54) is 0 Å². The van der Waals surface area contributed by atoms with Gasteiger partial charge in [0.25, 0.3) is 0 Å². The number of aryl methyl sites for hydroxylation is 2.